The molecule has 0 aliphatic carbocycles. The second-order valence-electron chi connectivity index (χ2n) is 3.90. The average molecular weight is 210 g/mol. The molecule has 0 unspecified atom stereocenters. The molecule has 0 bridgehead atoms. The van der Waals surface area contributed by atoms with Crippen molar-refractivity contribution < 1.29 is 9.13 Å². The first kappa shape index (κ1) is 12.0. The summed E-state index contributed by atoms with van der Waals surface area (Å²) >= 11 is 0. The van der Waals surface area contributed by atoms with Gasteiger partial charge in [0.25, 0.3) is 0 Å². The van der Waals surface area contributed by atoms with Crippen molar-refractivity contribution in [2.24, 2.45) is 5.92 Å². The Bertz CT molecular complexity index is 305. The summed E-state index contributed by atoms with van der Waals surface area (Å²) in [6.07, 6.45) is 2.20. The van der Waals surface area contributed by atoms with Crippen LogP contribution in [-0.2, 0) is 0 Å². The minimum Gasteiger partial charge on any atom is -0.493 e. The fourth-order valence-corrected chi connectivity index (χ4v) is 1.46. The number of hydrogen-bond donors (Lipinski definition) is 0. The fraction of sp³-hybridized carbons (Fsp3) is 0.538. The monoisotopic (exact) mass is 210 g/mol. The van der Waals surface area contributed by atoms with Gasteiger partial charge < -0.3 is 4.74 Å². The number of ether oxygens (including phenoxy) is 1. The summed E-state index contributed by atoms with van der Waals surface area (Å²) in [4.78, 5) is 0. The highest BCUT2D eigenvalue weighted by Crippen LogP contribution is 2.20. The first-order valence-electron chi connectivity index (χ1n) is 5.56. The van der Waals surface area contributed by atoms with Crippen LogP contribution in [0.25, 0.3) is 0 Å². The standard InChI is InChI=1S/C13H19FO/c1-4-11(5-2)9-15-13-8-12(14)7-6-10(13)3/h6-8,11H,4-5,9H2,1-3H3. The second-order valence-corrected chi connectivity index (χ2v) is 3.90. The Morgan fingerprint density at radius 1 is 1.27 bits per heavy atom. The highest BCUT2D eigenvalue weighted by molar-refractivity contribution is 5.32. The molecule has 15 heavy (non-hydrogen) atoms. The highest BCUT2D eigenvalue weighted by atomic mass is 19.1. The van der Waals surface area contributed by atoms with E-state index in [9.17, 15) is 4.39 Å². The maximum absolute atomic E-state index is 13.0. The largest absolute Gasteiger partial charge is 0.493 e. The molecule has 0 N–H and O–H groups in total. The van der Waals surface area contributed by atoms with Gasteiger partial charge in [0, 0.05) is 6.07 Å². The summed E-state index contributed by atoms with van der Waals surface area (Å²) in [6.45, 7) is 6.91. The van der Waals surface area contributed by atoms with E-state index in [1.807, 2.05) is 6.92 Å². The van der Waals surface area contributed by atoms with Gasteiger partial charge >= 0.3 is 0 Å². The van der Waals surface area contributed by atoms with Crippen LogP contribution in [-0.4, -0.2) is 6.61 Å². The highest BCUT2D eigenvalue weighted by Gasteiger charge is 2.06. The zero-order valence-corrected chi connectivity index (χ0v) is 9.72. The summed E-state index contributed by atoms with van der Waals surface area (Å²) in [5, 5.41) is 0. The van der Waals surface area contributed by atoms with Crippen molar-refractivity contribution in [3.05, 3.63) is 29.6 Å². The predicted molar refractivity (Wildman–Crippen MR) is 60.7 cm³/mol. The number of halogens is 1. The van der Waals surface area contributed by atoms with Gasteiger partial charge in [0.05, 0.1) is 6.61 Å². The molecule has 1 aromatic carbocycles. The van der Waals surface area contributed by atoms with Gasteiger partial charge in [0.1, 0.15) is 11.6 Å². The van der Waals surface area contributed by atoms with Gasteiger partial charge in [-0.3, -0.25) is 0 Å². The third-order valence-electron chi connectivity index (χ3n) is 2.78. The molecular weight excluding hydrogens is 191 g/mol. The molecule has 0 aromatic heterocycles. The van der Waals surface area contributed by atoms with Crippen LogP contribution in [0.2, 0.25) is 0 Å². The van der Waals surface area contributed by atoms with Crippen LogP contribution >= 0.6 is 0 Å². The summed E-state index contributed by atoms with van der Waals surface area (Å²) in [6, 6.07) is 4.66. The molecule has 84 valence electrons. The second kappa shape index (κ2) is 5.74. The maximum atomic E-state index is 13.0. The lowest BCUT2D eigenvalue weighted by molar-refractivity contribution is 0.238. The topological polar surface area (TPSA) is 9.23 Å². The van der Waals surface area contributed by atoms with Crippen LogP contribution in [0.3, 0.4) is 0 Å². The molecule has 0 aliphatic rings. The lowest BCUT2D eigenvalue weighted by Crippen LogP contribution is -2.10. The first-order chi connectivity index (χ1) is 7.17. The van der Waals surface area contributed by atoms with E-state index in [-0.39, 0.29) is 5.82 Å². The van der Waals surface area contributed by atoms with E-state index >= 15 is 0 Å². The van der Waals surface area contributed by atoms with Crippen molar-refractivity contribution in [1.29, 1.82) is 0 Å². The van der Waals surface area contributed by atoms with Crippen molar-refractivity contribution in [2.75, 3.05) is 6.61 Å². The van der Waals surface area contributed by atoms with Gasteiger partial charge in [-0.05, 0) is 24.5 Å². The number of rotatable bonds is 5. The molecule has 0 saturated carbocycles. The van der Waals surface area contributed by atoms with E-state index in [0.717, 1.165) is 18.4 Å². The third-order valence-corrected chi connectivity index (χ3v) is 2.78. The first-order valence-corrected chi connectivity index (χ1v) is 5.56. The quantitative estimate of drug-likeness (QED) is 0.715. The zero-order valence-electron chi connectivity index (χ0n) is 9.72. The van der Waals surface area contributed by atoms with Gasteiger partial charge in [-0.1, -0.05) is 32.8 Å². The maximum Gasteiger partial charge on any atom is 0.126 e. The molecule has 1 rings (SSSR count). The Morgan fingerprint density at radius 2 is 1.93 bits per heavy atom. The fourth-order valence-electron chi connectivity index (χ4n) is 1.46. The molecule has 0 atom stereocenters. The molecule has 0 heterocycles. The molecule has 1 nitrogen and oxygen atoms in total. The molecule has 0 saturated heterocycles. The third kappa shape index (κ3) is 3.54. The van der Waals surface area contributed by atoms with E-state index < -0.39 is 0 Å². The molecule has 0 amide bonds. The van der Waals surface area contributed by atoms with Gasteiger partial charge in [-0.15, -0.1) is 0 Å². The Labute approximate surface area is 91.3 Å². The van der Waals surface area contributed by atoms with Gasteiger partial charge in [-0.25, -0.2) is 4.39 Å². The van der Waals surface area contributed by atoms with E-state index in [0.29, 0.717) is 18.3 Å². The van der Waals surface area contributed by atoms with Crippen molar-refractivity contribution in [2.45, 2.75) is 33.6 Å². The van der Waals surface area contributed by atoms with Crippen LogP contribution < -0.4 is 4.74 Å². The molecule has 0 fully saturated rings. The summed E-state index contributed by atoms with van der Waals surface area (Å²) < 4.78 is 18.6. The average Bonchev–Trinajstić information content (AvgIpc) is 2.24. The Kier molecular flexibility index (Phi) is 4.60. The van der Waals surface area contributed by atoms with E-state index in [4.69, 9.17) is 4.74 Å². The zero-order chi connectivity index (χ0) is 11.3. The molecule has 0 spiro atoms. The van der Waals surface area contributed by atoms with Crippen LogP contribution in [0.1, 0.15) is 32.3 Å². The predicted octanol–water partition coefficient (Wildman–Crippen LogP) is 3.95. The van der Waals surface area contributed by atoms with Gasteiger partial charge in [0.2, 0.25) is 0 Å². The van der Waals surface area contributed by atoms with Crippen LogP contribution in [0.4, 0.5) is 4.39 Å². The lowest BCUT2D eigenvalue weighted by Gasteiger charge is -2.15. The minimum absolute atomic E-state index is 0.236. The molecular formula is C13H19FO. The molecule has 0 aliphatic heterocycles. The number of benzene rings is 1. The van der Waals surface area contributed by atoms with Crippen molar-refractivity contribution in [1.82, 2.24) is 0 Å². The van der Waals surface area contributed by atoms with Crippen molar-refractivity contribution in [3.8, 4) is 5.75 Å². The molecule has 1 aromatic rings. The van der Waals surface area contributed by atoms with Gasteiger partial charge in [-0.2, -0.15) is 0 Å². The lowest BCUT2D eigenvalue weighted by atomic mass is 10.1. The van der Waals surface area contributed by atoms with E-state index in [1.54, 1.807) is 6.07 Å². The molecule has 0 radical (unpaired) electrons. The molecule has 2 heteroatoms. The van der Waals surface area contributed by atoms with Gasteiger partial charge in [0.15, 0.2) is 0 Å². The number of hydrogen-bond acceptors (Lipinski definition) is 1. The Hall–Kier alpha value is -1.05. The Morgan fingerprint density at radius 3 is 2.53 bits per heavy atom. The Balaban J connectivity index is 2.60. The number of aryl methyl sites for hydroxylation is 1. The normalized spacial score (nSPS) is 10.7. The van der Waals surface area contributed by atoms with Crippen molar-refractivity contribution in [3.63, 3.8) is 0 Å². The minimum atomic E-state index is -0.236. The summed E-state index contributed by atoms with van der Waals surface area (Å²) in [5.41, 5.74) is 0.988. The van der Waals surface area contributed by atoms with Crippen LogP contribution in [0.15, 0.2) is 18.2 Å². The van der Waals surface area contributed by atoms with E-state index in [2.05, 4.69) is 13.8 Å². The van der Waals surface area contributed by atoms with Crippen LogP contribution in [0, 0.1) is 18.7 Å². The van der Waals surface area contributed by atoms with E-state index in [1.165, 1.54) is 12.1 Å². The van der Waals surface area contributed by atoms with Crippen LogP contribution in [0.5, 0.6) is 5.75 Å². The summed E-state index contributed by atoms with van der Waals surface area (Å²) in [5.74, 6) is 0.995. The smallest absolute Gasteiger partial charge is 0.126 e. The SMILES string of the molecule is CCC(CC)COc1cc(F)ccc1C. The summed E-state index contributed by atoms with van der Waals surface area (Å²) in [7, 11) is 0. The van der Waals surface area contributed by atoms with Crippen molar-refractivity contribution >= 4 is 0 Å².